The van der Waals surface area contributed by atoms with Crippen molar-refractivity contribution in [1.82, 2.24) is 14.3 Å². The number of nitrogens with zero attached hydrogens (tertiary/aromatic N) is 3. The molecule has 2 aromatic heterocycles. The van der Waals surface area contributed by atoms with E-state index < -0.39 is 5.97 Å². The summed E-state index contributed by atoms with van der Waals surface area (Å²) >= 11 is 2.89. The molecule has 17 heavy (non-hydrogen) atoms. The fraction of sp³-hybridized carbons (Fsp3) is 0.200. The lowest BCUT2D eigenvalue weighted by Crippen LogP contribution is -2.00. The molecule has 0 unspecified atom stereocenters. The number of hydrogen-bond acceptors (Lipinski definition) is 6. The first kappa shape index (κ1) is 12.0. The molecule has 0 spiro atoms. The number of carbonyl (C=O) groups is 1. The normalized spacial score (nSPS) is 10.4. The second-order valence-corrected chi connectivity index (χ2v) is 5.22. The summed E-state index contributed by atoms with van der Waals surface area (Å²) in [6.45, 7) is 1.84. The van der Waals surface area contributed by atoms with Gasteiger partial charge in [0.15, 0.2) is 4.34 Å². The number of hydrogen-bond donors (Lipinski definition) is 1. The topological polar surface area (TPSA) is 76.0 Å². The Hall–Kier alpha value is -1.47. The smallest absolute Gasteiger partial charge is 0.354 e. The maximum Gasteiger partial charge on any atom is 0.354 e. The minimum absolute atomic E-state index is 0.0662. The predicted molar refractivity (Wildman–Crippen MR) is 65.4 cm³/mol. The van der Waals surface area contributed by atoms with Crippen molar-refractivity contribution in [2.75, 3.05) is 0 Å². The van der Waals surface area contributed by atoms with E-state index in [1.807, 2.05) is 6.92 Å². The quantitative estimate of drug-likeness (QED) is 0.856. The molecule has 2 aromatic rings. The maximum absolute atomic E-state index is 10.7. The Morgan fingerprint density at radius 1 is 1.59 bits per heavy atom. The largest absolute Gasteiger partial charge is 0.477 e. The first-order valence-electron chi connectivity index (χ1n) is 4.76. The van der Waals surface area contributed by atoms with E-state index >= 15 is 0 Å². The number of carboxylic acid groups (broad SMARTS) is 1. The van der Waals surface area contributed by atoms with Gasteiger partial charge in [-0.1, -0.05) is 11.8 Å². The van der Waals surface area contributed by atoms with Crippen LogP contribution in [-0.2, 0) is 5.75 Å². The van der Waals surface area contributed by atoms with Crippen molar-refractivity contribution < 1.29 is 9.90 Å². The lowest BCUT2D eigenvalue weighted by atomic mass is 10.2. The molecule has 2 heterocycles. The van der Waals surface area contributed by atoms with Gasteiger partial charge in [-0.3, -0.25) is 0 Å². The molecular weight excluding hydrogens is 258 g/mol. The second-order valence-electron chi connectivity index (χ2n) is 3.25. The predicted octanol–water partition coefficient (Wildman–Crippen LogP) is 2.23. The summed E-state index contributed by atoms with van der Waals surface area (Å²) in [7, 11) is 0. The number of pyridine rings is 1. The Kier molecular flexibility index (Phi) is 3.70. The van der Waals surface area contributed by atoms with E-state index in [-0.39, 0.29) is 5.69 Å². The van der Waals surface area contributed by atoms with E-state index in [0.717, 1.165) is 15.7 Å². The number of thioether (sulfide) groups is 1. The fourth-order valence-electron chi connectivity index (χ4n) is 1.16. The molecule has 0 fully saturated rings. The molecule has 0 saturated carbocycles. The zero-order valence-electron chi connectivity index (χ0n) is 8.95. The lowest BCUT2D eigenvalue weighted by Gasteiger charge is -1.99. The minimum atomic E-state index is -1.01. The van der Waals surface area contributed by atoms with E-state index in [2.05, 4.69) is 14.3 Å². The SMILES string of the molecule is Cc1nsc(SCc2ccnc(C(=O)O)c2)n1. The van der Waals surface area contributed by atoms with Crippen LogP contribution >= 0.6 is 23.3 Å². The Balaban J connectivity index is 2.04. The molecule has 0 aliphatic rings. The van der Waals surface area contributed by atoms with Crippen molar-refractivity contribution in [2.24, 2.45) is 0 Å². The van der Waals surface area contributed by atoms with E-state index in [1.165, 1.54) is 29.5 Å². The van der Waals surface area contributed by atoms with Crippen LogP contribution < -0.4 is 0 Å². The summed E-state index contributed by atoms with van der Waals surface area (Å²) in [6.07, 6.45) is 1.50. The van der Waals surface area contributed by atoms with Crippen LogP contribution in [0.5, 0.6) is 0 Å². The second kappa shape index (κ2) is 5.24. The molecule has 7 heteroatoms. The molecule has 5 nitrogen and oxygen atoms in total. The van der Waals surface area contributed by atoms with E-state index in [4.69, 9.17) is 5.11 Å². The van der Waals surface area contributed by atoms with Crippen LogP contribution in [0.1, 0.15) is 21.9 Å². The van der Waals surface area contributed by atoms with Crippen molar-refractivity contribution in [3.05, 3.63) is 35.4 Å². The highest BCUT2D eigenvalue weighted by Crippen LogP contribution is 2.24. The molecule has 0 radical (unpaired) electrons. The lowest BCUT2D eigenvalue weighted by molar-refractivity contribution is 0.0690. The molecule has 2 rings (SSSR count). The Bertz CT molecular complexity index is 542. The van der Waals surface area contributed by atoms with Gasteiger partial charge in [-0.2, -0.15) is 4.37 Å². The third-order valence-electron chi connectivity index (χ3n) is 1.91. The molecule has 1 N–H and O–H groups in total. The fourth-order valence-corrected chi connectivity index (χ4v) is 2.75. The summed E-state index contributed by atoms with van der Waals surface area (Å²) in [5.41, 5.74) is 0.979. The van der Waals surface area contributed by atoms with Crippen molar-refractivity contribution in [2.45, 2.75) is 17.0 Å². The molecule has 0 amide bonds. The summed E-state index contributed by atoms with van der Waals surface area (Å²) in [5, 5.41) is 8.81. The van der Waals surface area contributed by atoms with Crippen LogP contribution in [0.2, 0.25) is 0 Å². The standard InChI is InChI=1S/C10H9N3O2S2/c1-6-12-10(17-13-6)16-5-7-2-3-11-8(4-7)9(14)15/h2-4H,5H2,1H3,(H,14,15). The third kappa shape index (κ3) is 3.24. The molecule has 0 aliphatic heterocycles. The molecule has 0 saturated heterocycles. The molecule has 0 atom stereocenters. The van der Waals surface area contributed by atoms with Crippen LogP contribution in [0.25, 0.3) is 0 Å². The first-order valence-corrected chi connectivity index (χ1v) is 6.52. The van der Waals surface area contributed by atoms with Crippen molar-refractivity contribution in [1.29, 1.82) is 0 Å². The van der Waals surface area contributed by atoms with Gasteiger partial charge >= 0.3 is 5.97 Å². The van der Waals surface area contributed by atoms with Gasteiger partial charge in [0.05, 0.1) is 0 Å². The zero-order chi connectivity index (χ0) is 12.3. The van der Waals surface area contributed by atoms with E-state index in [1.54, 1.807) is 12.1 Å². The molecule has 0 bridgehead atoms. The van der Waals surface area contributed by atoms with Crippen LogP contribution in [-0.4, -0.2) is 25.4 Å². The van der Waals surface area contributed by atoms with Gasteiger partial charge in [0.1, 0.15) is 11.5 Å². The highest BCUT2D eigenvalue weighted by atomic mass is 32.2. The maximum atomic E-state index is 10.7. The van der Waals surface area contributed by atoms with Crippen LogP contribution in [0.15, 0.2) is 22.7 Å². The summed E-state index contributed by atoms with van der Waals surface area (Å²) in [5.74, 6) is 0.416. The van der Waals surface area contributed by atoms with Gasteiger partial charge in [-0.05, 0) is 36.2 Å². The summed E-state index contributed by atoms with van der Waals surface area (Å²) < 4.78 is 4.96. The van der Waals surface area contributed by atoms with Gasteiger partial charge in [0.2, 0.25) is 0 Å². The number of aromatic carboxylic acids is 1. The number of aromatic nitrogens is 3. The molecule has 88 valence electrons. The Morgan fingerprint density at radius 3 is 3.06 bits per heavy atom. The van der Waals surface area contributed by atoms with Gasteiger partial charge < -0.3 is 5.11 Å². The number of rotatable bonds is 4. The Morgan fingerprint density at radius 2 is 2.41 bits per heavy atom. The van der Waals surface area contributed by atoms with Crippen LogP contribution in [0.4, 0.5) is 0 Å². The number of aryl methyl sites for hydroxylation is 1. The van der Waals surface area contributed by atoms with Crippen LogP contribution in [0, 0.1) is 6.92 Å². The van der Waals surface area contributed by atoms with Gasteiger partial charge in [-0.25, -0.2) is 14.8 Å². The van der Waals surface area contributed by atoms with Gasteiger partial charge in [0, 0.05) is 11.9 Å². The van der Waals surface area contributed by atoms with E-state index in [9.17, 15) is 4.79 Å². The average molecular weight is 267 g/mol. The average Bonchev–Trinajstić information content (AvgIpc) is 2.73. The minimum Gasteiger partial charge on any atom is -0.477 e. The Labute approximate surface area is 106 Å². The van der Waals surface area contributed by atoms with Crippen molar-refractivity contribution in [3.63, 3.8) is 0 Å². The summed E-state index contributed by atoms with van der Waals surface area (Å²) in [6, 6.07) is 3.37. The zero-order valence-corrected chi connectivity index (χ0v) is 10.6. The summed E-state index contributed by atoms with van der Waals surface area (Å²) in [4.78, 5) is 18.7. The van der Waals surface area contributed by atoms with Crippen molar-refractivity contribution >= 4 is 29.3 Å². The van der Waals surface area contributed by atoms with Crippen LogP contribution in [0.3, 0.4) is 0 Å². The third-order valence-corrected chi connectivity index (χ3v) is 3.91. The van der Waals surface area contributed by atoms with Gasteiger partial charge in [-0.15, -0.1) is 0 Å². The first-order chi connectivity index (χ1) is 8.15. The number of carboxylic acids is 1. The monoisotopic (exact) mass is 267 g/mol. The molecule has 0 aromatic carbocycles. The van der Waals surface area contributed by atoms with Gasteiger partial charge in [0.25, 0.3) is 0 Å². The highest BCUT2D eigenvalue weighted by Gasteiger charge is 2.06. The van der Waals surface area contributed by atoms with Crippen molar-refractivity contribution in [3.8, 4) is 0 Å². The molecule has 0 aliphatic carbocycles. The van der Waals surface area contributed by atoms with E-state index in [0.29, 0.717) is 5.75 Å². The molecular formula is C10H9N3O2S2. The highest BCUT2D eigenvalue weighted by molar-refractivity contribution is 8.00.